The molecule has 1 heterocycles. The van der Waals surface area contributed by atoms with E-state index in [2.05, 4.69) is 34.7 Å². The van der Waals surface area contributed by atoms with Crippen LogP contribution in [0, 0.1) is 17.6 Å². The van der Waals surface area contributed by atoms with Gasteiger partial charge in [-0.2, -0.15) is 4.68 Å². The summed E-state index contributed by atoms with van der Waals surface area (Å²) >= 11 is 0. The predicted molar refractivity (Wildman–Crippen MR) is 70.3 cm³/mol. The number of nitrogens with one attached hydrogen (secondary N) is 1. The number of benzene rings is 1. The van der Waals surface area contributed by atoms with Crippen LogP contribution in [-0.4, -0.2) is 26.8 Å². The molecule has 1 aromatic heterocycles. The van der Waals surface area contributed by atoms with Gasteiger partial charge in [-0.3, -0.25) is 0 Å². The first-order chi connectivity index (χ1) is 9.49. The molecule has 0 saturated heterocycles. The number of aromatic nitrogens is 4. The highest BCUT2D eigenvalue weighted by Gasteiger charge is 2.18. The van der Waals surface area contributed by atoms with Gasteiger partial charge in [0.05, 0.1) is 6.04 Å². The lowest BCUT2D eigenvalue weighted by Crippen LogP contribution is -2.26. The average Bonchev–Trinajstić information content (AvgIpc) is 2.88. The van der Waals surface area contributed by atoms with E-state index in [0.717, 1.165) is 24.7 Å². The number of tetrazole rings is 1. The van der Waals surface area contributed by atoms with Crippen molar-refractivity contribution in [3.05, 3.63) is 35.7 Å². The molecule has 5 nitrogen and oxygen atoms in total. The van der Waals surface area contributed by atoms with Gasteiger partial charge in [0.25, 0.3) is 0 Å². The molecule has 0 aliphatic heterocycles. The first kappa shape index (κ1) is 14.5. The number of nitrogens with zero attached hydrogens (tertiary/aromatic N) is 4. The Balaban J connectivity index is 2.30. The molecule has 1 N–H and O–H groups in total. The molecule has 0 radical (unpaired) electrons. The van der Waals surface area contributed by atoms with Crippen LogP contribution in [-0.2, 0) is 0 Å². The van der Waals surface area contributed by atoms with Crippen molar-refractivity contribution in [1.82, 2.24) is 25.5 Å². The summed E-state index contributed by atoms with van der Waals surface area (Å²) in [6.45, 7) is 6.81. The van der Waals surface area contributed by atoms with Gasteiger partial charge in [-0.1, -0.05) is 13.8 Å². The van der Waals surface area contributed by atoms with E-state index in [1.165, 1.54) is 4.68 Å². The predicted octanol–water partition coefficient (Wildman–Crippen LogP) is 2.25. The first-order valence-electron chi connectivity index (χ1n) is 6.46. The SMILES string of the molecule is CC(C)CNC(C)c1nnnn1-c1cc(F)ccc1F. The van der Waals surface area contributed by atoms with Gasteiger partial charge in [-0.25, -0.2) is 8.78 Å². The monoisotopic (exact) mass is 281 g/mol. The van der Waals surface area contributed by atoms with Crippen LogP contribution in [0.3, 0.4) is 0 Å². The highest BCUT2D eigenvalue weighted by Crippen LogP contribution is 2.18. The lowest BCUT2D eigenvalue weighted by molar-refractivity contribution is 0.472. The summed E-state index contributed by atoms with van der Waals surface area (Å²) in [5.74, 6) is -0.204. The van der Waals surface area contributed by atoms with Gasteiger partial charge in [0.2, 0.25) is 0 Å². The van der Waals surface area contributed by atoms with Gasteiger partial charge in [-0.15, -0.1) is 5.10 Å². The highest BCUT2D eigenvalue weighted by atomic mass is 19.1. The molecule has 0 spiro atoms. The molecule has 7 heteroatoms. The van der Waals surface area contributed by atoms with Crippen LogP contribution < -0.4 is 5.32 Å². The zero-order valence-electron chi connectivity index (χ0n) is 11.6. The summed E-state index contributed by atoms with van der Waals surface area (Å²) in [5.41, 5.74) is 0.00296. The fourth-order valence-corrected chi connectivity index (χ4v) is 1.79. The minimum Gasteiger partial charge on any atom is -0.307 e. The van der Waals surface area contributed by atoms with Crippen molar-refractivity contribution in [2.24, 2.45) is 5.92 Å². The topological polar surface area (TPSA) is 55.6 Å². The maximum atomic E-state index is 13.8. The van der Waals surface area contributed by atoms with Crippen molar-refractivity contribution in [2.75, 3.05) is 6.54 Å². The summed E-state index contributed by atoms with van der Waals surface area (Å²) < 4.78 is 28.3. The molecule has 0 fully saturated rings. The van der Waals surface area contributed by atoms with E-state index in [0.29, 0.717) is 11.7 Å². The standard InChI is InChI=1S/C13H17F2N5/c1-8(2)7-16-9(3)13-17-18-19-20(13)12-6-10(14)4-5-11(12)15/h4-6,8-9,16H,7H2,1-3H3. The van der Waals surface area contributed by atoms with Crippen LogP contribution in [0.15, 0.2) is 18.2 Å². The van der Waals surface area contributed by atoms with Crippen molar-refractivity contribution in [3.63, 3.8) is 0 Å². The number of hydrogen-bond donors (Lipinski definition) is 1. The Labute approximate surface area is 116 Å². The van der Waals surface area contributed by atoms with E-state index in [4.69, 9.17) is 0 Å². The second-order valence-electron chi connectivity index (χ2n) is 5.07. The van der Waals surface area contributed by atoms with Gasteiger partial charge < -0.3 is 5.32 Å². The molecule has 1 unspecified atom stereocenters. The second-order valence-corrected chi connectivity index (χ2v) is 5.07. The molecule has 20 heavy (non-hydrogen) atoms. The van der Waals surface area contributed by atoms with Gasteiger partial charge >= 0.3 is 0 Å². The first-order valence-corrected chi connectivity index (χ1v) is 6.46. The van der Waals surface area contributed by atoms with Crippen molar-refractivity contribution in [1.29, 1.82) is 0 Å². The summed E-state index contributed by atoms with van der Waals surface area (Å²) in [6.07, 6.45) is 0. The number of halogens is 2. The summed E-state index contributed by atoms with van der Waals surface area (Å²) in [6, 6.07) is 3.02. The van der Waals surface area contributed by atoms with E-state index < -0.39 is 11.6 Å². The summed E-state index contributed by atoms with van der Waals surface area (Å²) in [7, 11) is 0. The molecule has 2 aromatic rings. The zero-order chi connectivity index (χ0) is 14.7. The normalized spacial score (nSPS) is 12.9. The zero-order valence-corrected chi connectivity index (χ0v) is 11.6. The Kier molecular flexibility index (Phi) is 4.39. The molecule has 1 atom stereocenters. The quantitative estimate of drug-likeness (QED) is 0.913. The minimum atomic E-state index is -0.573. The Morgan fingerprint density at radius 3 is 2.70 bits per heavy atom. The van der Waals surface area contributed by atoms with Gasteiger partial charge in [0, 0.05) is 6.07 Å². The second kappa shape index (κ2) is 6.04. The Hall–Kier alpha value is -1.89. The van der Waals surface area contributed by atoms with Crippen molar-refractivity contribution in [3.8, 4) is 5.69 Å². The van der Waals surface area contributed by atoms with Crippen LogP contribution >= 0.6 is 0 Å². The molecular formula is C13H17F2N5. The van der Waals surface area contributed by atoms with Gasteiger partial charge in [0.1, 0.15) is 17.3 Å². The molecule has 0 amide bonds. The van der Waals surface area contributed by atoms with Crippen LogP contribution in [0.25, 0.3) is 5.69 Å². The highest BCUT2D eigenvalue weighted by molar-refractivity contribution is 5.33. The molecule has 0 bridgehead atoms. The average molecular weight is 281 g/mol. The Morgan fingerprint density at radius 2 is 2.00 bits per heavy atom. The minimum absolute atomic E-state index is 0.00296. The van der Waals surface area contributed by atoms with Crippen LogP contribution in [0.4, 0.5) is 8.78 Å². The molecule has 0 aliphatic carbocycles. The number of hydrogen-bond acceptors (Lipinski definition) is 4. The molecule has 0 saturated carbocycles. The van der Waals surface area contributed by atoms with E-state index in [9.17, 15) is 8.78 Å². The maximum absolute atomic E-state index is 13.8. The third-order valence-electron chi connectivity index (χ3n) is 2.85. The third-order valence-corrected chi connectivity index (χ3v) is 2.85. The summed E-state index contributed by atoms with van der Waals surface area (Å²) in [4.78, 5) is 0. The van der Waals surface area contributed by atoms with Crippen molar-refractivity contribution in [2.45, 2.75) is 26.8 Å². The van der Waals surface area contributed by atoms with Crippen molar-refractivity contribution >= 4 is 0 Å². The fraction of sp³-hybridized carbons (Fsp3) is 0.462. The third kappa shape index (κ3) is 3.16. The van der Waals surface area contributed by atoms with E-state index >= 15 is 0 Å². The lowest BCUT2D eigenvalue weighted by atomic mass is 10.2. The molecule has 2 rings (SSSR count). The number of rotatable bonds is 5. The van der Waals surface area contributed by atoms with E-state index in [-0.39, 0.29) is 11.7 Å². The molecule has 0 aliphatic rings. The molecular weight excluding hydrogens is 264 g/mol. The van der Waals surface area contributed by atoms with Crippen molar-refractivity contribution < 1.29 is 8.78 Å². The largest absolute Gasteiger partial charge is 0.307 e. The molecule has 108 valence electrons. The van der Waals surface area contributed by atoms with Gasteiger partial charge in [0.15, 0.2) is 5.82 Å². The lowest BCUT2D eigenvalue weighted by Gasteiger charge is -2.15. The van der Waals surface area contributed by atoms with E-state index in [1.54, 1.807) is 0 Å². The van der Waals surface area contributed by atoms with Crippen LogP contribution in [0.1, 0.15) is 32.6 Å². The smallest absolute Gasteiger partial charge is 0.173 e. The van der Waals surface area contributed by atoms with E-state index in [1.807, 2.05) is 6.92 Å². The van der Waals surface area contributed by atoms with Gasteiger partial charge in [-0.05, 0) is 41.9 Å². The molecule has 1 aromatic carbocycles. The van der Waals surface area contributed by atoms with Crippen LogP contribution in [0.5, 0.6) is 0 Å². The maximum Gasteiger partial charge on any atom is 0.173 e. The fourth-order valence-electron chi connectivity index (χ4n) is 1.79. The van der Waals surface area contributed by atoms with Crippen LogP contribution in [0.2, 0.25) is 0 Å². The Morgan fingerprint density at radius 1 is 1.25 bits per heavy atom. The Bertz CT molecular complexity index is 582. The summed E-state index contributed by atoms with van der Waals surface area (Å²) in [5, 5.41) is 14.4.